The van der Waals surface area contributed by atoms with Crippen LogP contribution in [0, 0.1) is 0 Å². The maximum absolute atomic E-state index is 12.9. The average Bonchev–Trinajstić information content (AvgIpc) is 3.27. The van der Waals surface area contributed by atoms with Crippen LogP contribution in [0.5, 0.6) is 5.75 Å². The number of carbonyl (C=O) groups excluding carboxylic acids is 3. The largest absolute Gasteiger partial charge is 0.497 e. The predicted octanol–water partition coefficient (Wildman–Crippen LogP) is 3.04. The molecule has 1 aliphatic heterocycles. The first-order valence-corrected chi connectivity index (χ1v) is 10.6. The van der Waals surface area contributed by atoms with E-state index in [0.29, 0.717) is 31.0 Å². The smallest absolute Gasteiger partial charge is 0.256 e. The van der Waals surface area contributed by atoms with Crippen molar-refractivity contribution in [2.75, 3.05) is 20.2 Å². The molecule has 0 aliphatic carbocycles. The van der Waals surface area contributed by atoms with Crippen LogP contribution in [-0.4, -0.2) is 48.9 Å². The Bertz CT molecular complexity index is 966. The zero-order chi connectivity index (χ0) is 22.4. The molecule has 164 valence electrons. The van der Waals surface area contributed by atoms with Gasteiger partial charge in [0.2, 0.25) is 11.8 Å². The summed E-state index contributed by atoms with van der Waals surface area (Å²) < 4.78 is 5.10. The van der Waals surface area contributed by atoms with Gasteiger partial charge in [-0.2, -0.15) is 0 Å². The highest BCUT2D eigenvalue weighted by molar-refractivity contribution is 6.35. The van der Waals surface area contributed by atoms with Crippen LogP contribution in [0.25, 0.3) is 0 Å². The number of benzene rings is 2. The van der Waals surface area contributed by atoms with E-state index in [-0.39, 0.29) is 34.9 Å². The van der Waals surface area contributed by atoms with E-state index >= 15 is 0 Å². The summed E-state index contributed by atoms with van der Waals surface area (Å²) in [5.74, 6) is -0.312. The molecule has 0 spiro atoms. The first-order valence-electron chi connectivity index (χ1n) is 9.82. The highest BCUT2D eigenvalue weighted by Crippen LogP contribution is 2.26. The van der Waals surface area contributed by atoms with E-state index in [4.69, 9.17) is 27.9 Å². The van der Waals surface area contributed by atoms with Crippen molar-refractivity contribution in [3.8, 4) is 5.75 Å². The molecule has 1 heterocycles. The summed E-state index contributed by atoms with van der Waals surface area (Å²) >= 11 is 12.1. The summed E-state index contributed by atoms with van der Waals surface area (Å²) in [5.41, 5.74) is 1.16. The van der Waals surface area contributed by atoms with E-state index < -0.39 is 6.04 Å². The molecular weight excluding hydrogens is 441 g/mol. The molecule has 3 rings (SSSR count). The topological polar surface area (TPSA) is 87.7 Å². The normalized spacial score (nSPS) is 15.5. The van der Waals surface area contributed by atoms with E-state index in [0.717, 1.165) is 11.3 Å². The van der Waals surface area contributed by atoms with E-state index in [1.807, 2.05) is 12.1 Å². The Morgan fingerprint density at radius 3 is 2.55 bits per heavy atom. The molecule has 2 N–H and O–H groups in total. The number of ether oxygens (including phenoxy) is 1. The number of halogens is 2. The third kappa shape index (κ3) is 5.89. The van der Waals surface area contributed by atoms with Crippen molar-refractivity contribution < 1.29 is 19.1 Å². The third-order valence-corrected chi connectivity index (χ3v) is 5.61. The lowest BCUT2D eigenvalue weighted by Crippen LogP contribution is -2.48. The lowest BCUT2D eigenvalue weighted by atomic mass is 10.1. The second kappa shape index (κ2) is 10.5. The number of methoxy groups -OCH3 is 1. The van der Waals surface area contributed by atoms with Gasteiger partial charge >= 0.3 is 0 Å². The van der Waals surface area contributed by atoms with Crippen LogP contribution in [0.4, 0.5) is 0 Å². The first-order chi connectivity index (χ1) is 14.9. The Kier molecular flexibility index (Phi) is 7.76. The Balaban J connectivity index is 1.52. The lowest BCUT2D eigenvalue weighted by molar-refractivity contribution is -0.128. The standard InChI is InChI=1S/C22H23Cl2N3O4/c1-31-16-7-4-14(5-8-16)12-25-20(28)13-26-21(29)19-3-2-10-27(19)22(30)17-11-15(23)6-9-18(17)24/h4-9,11,19H,2-3,10,12-13H2,1H3,(H,25,28)(H,26,29). The Morgan fingerprint density at radius 1 is 1.10 bits per heavy atom. The molecular formula is C22H23Cl2N3O4. The molecule has 1 atom stereocenters. The number of hydrogen-bond donors (Lipinski definition) is 2. The predicted molar refractivity (Wildman–Crippen MR) is 118 cm³/mol. The molecule has 0 aromatic heterocycles. The van der Waals surface area contributed by atoms with Gasteiger partial charge in [0.05, 0.1) is 24.2 Å². The minimum atomic E-state index is -0.656. The molecule has 31 heavy (non-hydrogen) atoms. The van der Waals surface area contributed by atoms with Crippen molar-refractivity contribution in [3.05, 3.63) is 63.6 Å². The molecule has 2 aromatic carbocycles. The number of nitrogens with zero attached hydrogens (tertiary/aromatic N) is 1. The molecule has 7 nitrogen and oxygen atoms in total. The quantitative estimate of drug-likeness (QED) is 0.660. The van der Waals surface area contributed by atoms with Crippen LogP contribution in [0.3, 0.4) is 0 Å². The summed E-state index contributed by atoms with van der Waals surface area (Å²) in [6.45, 7) is 0.592. The average molecular weight is 464 g/mol. The number of nitrogens with one attached hydrogen (secondary N) is 2. The van der Waals surface area contributed by atoms with Gasteiger partial charge in [-0.3, -0.25) is 14.4 Å². The van der Waals surface area contributed by atoms with Crippen molar-refractivity contribution in [2.24, 2.45) is 0 Å². The molecule has 2 aromatic rings. The maximum atomic E-state index is 12.9. The van der Waals surface area contributed by atoms with E-state index in [1.54, 1.807) is 31.4 Å². The highest BCUT2D eigenvalue weighted by atomic mass is 35.5. The van der Waals surface area contributed by atoms with Gasteiger partial charge < -0.3 is 20.3 Å². The van der Waals surface area contributed by atoms with Gasteiger partial charge in [0, 0.05) is 18.1 Å². The lowest BCUT2D eigenvalue weighted by Gasteiger charge is -2.24. The summed E-state index contributed by atoms with van der Waals surface area (Å²) in [6.07, 6.45) is 1.20. The molecule has 0 saturated carbocycles. The van der Waals surface area contributed by atoms with E-state index in [1.165, 1.54) is 11.0 Å². The Morgan fingerprint density at radius 2 is 1.84 bits per heavy atom. The zero-order valence-electron chi connectivity index (χ0n) is 17.0. The van der Waals surface area contributed by atoms with Crippen molar-refractivity contribution in [2.45, 2.75) is 25.4 Å². The number of amides is 3. The molecule has 0 bridgehead atoms. The highest BCUT2D eigenvalue weighted by Gasteiger charge is 2.35. The van der Waals surface area contributed by atoms with Crippen molar-refractivity contribution in [1.29, 1.82) is 0 Å². The fraction of sp³-hybridized carbons (Fsp3) is 0.318. The fourth-order valence-electron chi connectivity index (χ4n) is 3.39. The van der Waals surface area contributed by atoms with Gasteiger partial charge in [0.15, 0.2) is 0 Å². The SMILES string of the molecule is COc1ccc(CNC(=O)CNC(=O)C2CCCN2C(=O)c2cc(Cl)ccc2Cl)cc1. The van der Waals surface area contributed by atoms with Crippen LogP contribution in [0.2, 0.25) is 10.0 Å². The minimum Gasteiger partial charge on any atom is -0.497 e. The van der Waals surface area contributed by atoms with Gasteiger partial charge in [-0.25, -0.2) is 0 Å². The van der Waals surface area contributed by atoms with Gasteiger partial charge in [-0.05, 0) is 48.7 Å². The molecule has 1 unspecified atom stereocenters. The number of likely N-dealkylation sites (tertiary alicyclic amines) is 1. The summed E-state index contributed by atoms with van der Waals surface area (Å²) in [7, 11) is 1.59. The Labute approximate surface area is 190 Å². The minimum absolute atomic E-state index is 0.175. The Hall–Kier alpha value is -2.77. The van der Waals surface area contributed by atoms with Crippen LogP contribution < -0.4 is 15.4 Å². The van der Waals surface area contributed by atoms with Crippen molar-refractivity contribution in [3.63, 3.8) is 0 Å². The van der Waals surface area contributed by atoms with E-state index in [2.05, 4.69) is 10.6 Å². The van der Waals surface area contributed by atoms with Crippen LogP contribution >= 0.6 is 23.2 Å². The summed E-state index contributed by atoms with van der Waals surface area (Å²) in [4.78, 5) is 39.1. The van der Waals surface area contributed by atoms with Crippen LogP contribution in [0.15, 0.2) is 42.5 Å². The molecule has 9 heteroatoms. The number of rotatable bonds is 7. The summed E-state index contributed by atoms with van der Waals surface area (Å²) in [6, 6.07) is 11.3. The number of carbonyl (C=O) groups is 3. The van der Waals surface area contributed by atoms with Crippen LogP contribution in [-0.2, 0) is 16.1 Å². The van der Waals surface area contributed by atoms with Gasteiger partial charge in [-0.1, -0.05) is 35.3 Å². The van der Waals surface area contributed by atoms with Gasteiger partial charge in [0.1, 0.15) is 11.8 Å². The monoisotopic (exact) mass is 463 g/mol. The van der Waals surface area contributed by atoms with Gasteiger partial charge in [0.25, 0.3) is 5.91 Å². The molecule has 1 fully saturated rings. The third-order valence-electron chi connectivity index (χ3n) is 5.05. The molecule has 1 saturated heterocycles. The van der Waals surface area contributed by atoms with Crippen molar-refractivity contribution >= 4 is 40.9 Å². The maximum Gasteiger partial charge on any atom is 0.256 e. The zero-order valence-corrected chi connectivity index (χ0v) is 18.5. The van der Waals surface area contributed by atoms with Crippen LogP contribution in [0.1, 0.15) is 28.8 Å². The van der Waals surface area contributed by atoms with E-state index in [9.17, 15) is 14.4 Å². The van der Waals surface area contributed by atoms with Gasteiger partial charge in [-0.15, -0.1) is 0 Å². The first kappa shape index (κ1) is 22.9. The second-order valence-electron chi connectivity index (χ2n) is 7.12. The number of hydrogen-bond acceptors (Lipinski definition) is 4. The second-order valence-corrected chi connectivity index (χ2v) is 7.97. The molecule has 0 radical (unpaired) electrons. The summed E-state index contributed by atoms with van der Waals surface area (Å²) in [5, 5.41) is 6.03. The molecule has 1 aliphatic rings. The van der Waals surface area contributed by atoms with Crippen molar-refractivity contribution in [1.82, 2.24) is 15.5 Å². The fourth-order valence-corrected chi connectivity index (χ4v) is 3.76. The molecule has 3 amide bonds.